The normalized spacial score (nSPS) is 23.8. The van der Waals surface area contributed by atoms with E-state index in [1.165, 1.54) is 57.8 Å². The first-order chi connectivity index (χ1) is 8.38. The fraction of sp³-hybridized carbons (Fsp3) is 1.00. The Morgan fingerprint density at radius 1 is 1.12 bits per heavy atom. The Morgan fingerprint density at radius 3 is 2.53 bits per heavy atom. The van der Waals surface area contributed by atoms with E-state index in [1.54, 1.807) is 0 Å². The highest BCUT2D eigenvalue weighted by Crippen LogP contribution is 2.24. The second kappa shape index (κ2) is 7.38. The maximum atomic E-state index is 6.14. The lowest BCUT2D eigenvalue weighted by molar-refractivity contribution is 0.0161. The Labute approximate surface area is 107 Å². The molecule has 2 aliphatic rings. The molecule has 0 saturated heterocycles. The summed E-state index contributed by atoms with van der Waals surface area (Å²) < 4.78 is 6.14. The molecule has 2 rings (SSSR count). The minimum absolute atomic E-state index is 0.461. The van der Waals surface area contributed by atoms with Crippen molar-refractivity contribution in [3.8, 4) is 0 Å². The number of rotatable bonds is 8. The number of hydrogen-bond acceptors (Lipinski definition) is 2. The van der Waals surface area contributed by atoms with E-state index in [0.717, 1.165) is 25.1 Å². The van der Waals surface area contributed by atoms with Gasteiger partial charge in [-0.3, -0.25) is 0 Å². The van der Waals surface area contributed by atoms with Gasteiger partial charge in [0, 0.05) is 19.2 Å². The van der Waals surface area contributed by atoms with E-state index < -0.39 is 0 Å². The molecule has 0 aromatic rings. The van der Waals surface area contributed by atoms with Crippen LogP contribution < -0.4 is 5.32 Å². The summed E-state index contributed by atoms with van der Waals surface area (Å²) >= 11 is 0. The molecule has 1 unspecified atom stereocenters. The quantitative estimate of drug-likeness (QED) is 0.700. The van der Waals surface area contributed by atoms with Crippen molar-refractivity contribution in [3.05, 3.63) is 0 Å². The van der Waals surface area contributed by atoms with Crippen LogP contribution >= 0.6 is 0 Å². The van der Waals surface area contributed by atoms with E-state index in [-0.39, 0.29) is 0 Å². The Balaban J connectivity index is 1.60. The fourth-order valence-corrected chi connectivity index (χ4v) is 2.78. The van der Waals surface area contributed by atoms with Crippen molar-refractivity contribution in [3.63, 3.8) is 0 Å². The van der Waals surface area contributed by atoms with Gasteiger partial charge in [-0.25, -0.2) is 0 Å². The third-order valence-electron chi connectivity index (χ3n) is 4.11. The Morgan fingerprint density at radius 2 is 1.88 bits per heavy atom. The van der Waals surface area contributed by atoms with Gasteiger partial charge < -0.3 is 10.1 Å². The van der Waals surface area contributed by atoms with Gasteiger partial charge in [-0.2, -0.15) is 0 Å². The minimum Gasteiger partial charge on any atom is -0.377 e. The molecule has 2 nitrogen and oxygen atoms in total. The fourth-order valence-electron chi connectivity index (χ4n) is 2.78. The van der Waals surface area contributed by atoms with Crippen molar-refractivity contribution in [2.75, 3.05) is 13.2 Å². The van der Waals surface area contributed by atoms with Crippen LogP contribution in [0.1, 0.15) is 64.7 Å². The van der Waals surface area contributed by atoms with Crippen LogP contribution in [-0.2, 0) is 4.74 Å². The molecule has 0 spiro atoms. The van der Waals surface area contributed by atoms with Gasteiger partial charge in [-0.15, -0.1) is 0 Å². The van der Waals surface area contributed by atoms with Crippen LogP contribution in [0, 0.1) is 5.92 Å². The van der Waals surface area contributed by atoms with Crippen LogP contribution in [0.5, 0.6) is 0 Å². The molecule has 0 aliphatic heterocycles. The Bertz CT molecular complexity index is 197. The number of hydrogen-bond donors (Lipinski definition) is 1. The van der Waals surface area contributed by atoms with Crippen LogP contribution in [0.4, 0.5) is 0 Å². The molecule has 2 heteroatoms. The summed E-state index contributed by atoms with van der Waals surface area (Å²) in [5.74, 6) is 0.851. The van der Waals surface area contributed by atoms with Gasteiger partial charge >= 0.3 is 0 Å². The average Bonchev–Trinajstić information content (AvgIpc) is 3.18. The van der Waals surface area contributed by atoms with Crippen molar-refractivity contribution in [2.45, 2.75) is 76.9 Å². The SMILES string of the molecule is CCCC(CNC1CC1)OCC1CCCCC1. The van der Waals surface area contributed by atoms with E-state index in [4.69, 9.17) is 4.74 Å². The van der Waals surface area contributed by atoms with E-state index >= 15 is 0 Å². The van der Waals surface area contributed by atoms with E-state index in [9.17, 15) is 0 Å². The molecule has 2 fully saturated rings. The zero-order valence-corrected chi connectivity index (χ0v) is 11.4. The zero-order chi connectivity index (χ0) is 11.9. The highest BCUT2D eigenvalue weighted by molar-refractivity contribution is 4.82. The summed E-state index contributed by atoms with van der Waals surface area (Å²) in [6.07, 6.45) is 12.8. The first-order valence-corrected chi connectivity index (χ1v) is 7.73. The second-order valence-electron chi connectivity index (χ2n) is 5.93. The topological polar surface area (TPSA) is 21.3 Å². The first kappa shape index (κ1) is 13.4. The Hall–Kier alpha value is -0.0800. The molecule has 0 amide bonds. The lowest BCUT2D eigenvalue weighted by Gasteiger charge is -2.25. The monoisotopic (exact) mass is 239 g/mol. The molecule has 1 N–H and O–H groups in total. The summed E-state index contributed by atoms with van der Waals surface area (Å²) in [4.78, 5) is 0. The van der Waals surface area contributed by atoms with Crippen LogP contribution in [0.25, 0.3) is 0 Å². The van der Waals surface area contributed by atoms with Crippen molar-refractivity contribution in [1.29, 1.82) is 0 Å². The molecule has 2 aliphatic carbocycles. The zero-order valence-electron chi connectivity index (χ0n) is 11.4. The van der Waals surface area contributed by atoms with Crippen molar-refractivity contribution in [1.82, 2.24) is 5.32 Å². The maximum Gasteiger partial charge on any atom is 0.0699 e. The highest BCUT2D eigenvalue weighted by Gasteiger charge is 2.22. The van der Waals surface area contributed by atoms with Gasteiger partial charge in [-0.05, 0) is 38.0 Å². The third kappa shape index (κ3) is 5.39. The largest absolute Gasteiger partial charge is 0.377 e. The average molecular weight is 239 g/mol. The number of ether oxygens (including phenoxy) is 1. The summed E-state index contributed by atoms with van der Waals surface area (Å²) in [5.41, 5.74) is 0. The maximum absolute atomic E-state index is 6.14. The molecule has 1 atom stereocenters. The van der Waals surface area contributed by atoms with Gasteiger partial charge in [-0.1, -0.05) is 32.6 Å². The lowest BCUT2D eigenvalue weighted by atomic mass is 9.90. The molecule has 100 valence electrons. The molecule has 17 heavy (non-hydrogen) atoms. The smallest absolute Gasteiger partial charge is 0.0699 e. The molecular formula is C15H29NO. The predicted molar refractivity (Wildman–Crippen MR) is 72.2 cm³/mol. The predicted octanol–water partition coefficient (Wildman–Crippen LogP) is 3.50. The molecule has 2 saturated carbocycles. The van der Waals surface area contributed by atoms with E-state index in [0.29, 0.717) is 6.10 Å². The van der Waals surface area contributed by atoms with Gasteiger partial charge in [0.25, 0.3) is 0 Å². The van der Waals surface area contributed by atoms with Gasteiger partial charge in [0.2, 0.25) is 0 Å². The van der Waals surface area contributed by atoms with E-state index in [1.807, 2.05) is 0 Å². The van der Waals surface area contributed by atoms with Crippen molar-refractivity contribution in [2.24, 2.45) is 5.92 Å². The van der Waals surface area contributed by atoms with Gasteiger partial charge in [0.05, 0.1) is 6.10 Å². The van der Waals surface area contributed by atoms with Crippen LogP contribution in [0.3, 0.4) is 0 Å². The summed E-state index contributed by atoms with van der Waals surface area (Å²) in [7, 11) is 0. The van der Waals surface area contributed by atoms with Crippen molar-refractivity contribution < 1.29 is 4.74 Å². The minimum atomic E-state index is 0.461. The lowest BCUT2D eigenvalue weighted by Crippen LogP contribution is -2.32. The van der Waals surface area contributed by atoms with Crippen LogP contribution in [0.15, 0.2) is 0 Å². The summed E-state index contributed by atoms with van der Waals surface area (Å²) in [5, 5.41) is 3.60. The number of nitrogens with one attached hydrogen (secondary N) is 1. The van der Waals surface area contributed by atoms with Gasteiger partial charge in [0.1, 0.15) is 0 Å². The molecule has 0 heterocycles. The van der Waals surface area contributed by atoms with E-state index in [2.05, 4.69) is 12.2 Å². The van der Waals surface area contributed by atoms with Gasteiger partial charge in [0.15, 0.2) is 0 Å². The highest BCUT2D eigenvalue weighted by atomic mass is 16.5. The first-order valence-electron chi connectivity index (χ1n) is 7.73. The molecule has 0 bridgehead atoms. The summed E-state index contributed by atoms with van der Waals surface area (Å²) in [6.45, 7) is 4.34. The molecule has 0 radical (unpaired) electrons. The third-order valence-corrected chi connectivity index (χ3v) is 4.11. The van der Waals surface area contributed by atoms with Crippen LogP contribution in [0.2, 0.25) is 0 Å². The second-order valence-corrected chi connectivity index (χ2v) is 5.93. The van der Waals surface area contributed by atoms with Crippen LogP contribution in [-0.4, -0.2) is 25.3 Å². The van der Waals surface area contributed by atoms with Crippen molar-refractivity contribution >= 4 is 0 Å². The molecule has 0 aromatic heterocycles. The summed E-state index contributed by atoms with van der Waals surface area (Å²) in [6, 6.07) is 0.813. The molecular weight excluding hydrogens is 210 g/mol. The molecule has 0 aromatic carbocycles. The standard InChI is InChI=1S/C15H29NO/c1-2-6-15(11-16-14-9-10-14)17-12-13-7-4-3-5-8-13/h13-16H,2-12H2,1H3. The Kier molecular flexibility index (Phi) is 5.79.